The normalized spacial score (nSPS) is 15.1. The maximum absolute atomic E-state index is 11.5. The van der Waals surface area contributed by atoms with Gasteiger partial charge in [0.2, 0.25) is 5.88 Å². The molecule has 0 N–H and O–H groups in total. The summed E-state index contributed by atoms with van der Waals surface area (Å²) in [4.78, 5) is 15.9. The quantitative estimate of drug-likeness (QED) is 0.567. The van der Waals surface area contributed by atoms with Crippen molar-refractivity contribution in [2.45, 2.75) is 39.0 Å². The molecule has 0 atom stereocenters. The molecular weight excluding hydrogens is 202 g/mol. The van der Waals surface area contributed by atoms with Gasteiger partial charge in [-0.3, -0.25) is 4.79 Å². The van der Waals surface area contributed by atoms with E-state index < -0.39 is 0 Å². The molecule has 0 bridgehead atoms. The van der Waals surface area contributed by atoms with Crippen molar-refractivity contribution < 1.29 is 9.53 Å². The largest absolute Gasteiger partial charge is 0.480 e. The number of aromatic nitrogens is 1. The number of carbonyl (C=O) groups is 1. The summed E-state index contributed by atoms with van der Waals surface area (Å²) in [6.45, 7) is 1.56. The summed E-state index contributed by atoms with van der Waals surface area (Å²) in [5, 5.41) is 0. The predicted molar refractivity (Wildman–Crippen MR) is 62.1 cm³/mol. The number of rotatable bonds is 2. The lowest BCUT2D eigenvalue weighted by Crippen LogP contribution is -2.05. The van der Waals surface area contributed by atoms with Gasteiger partial charge in [-0.05, 0) is 44.2 Å². The van der Waals surface area contributed by atoms with E-state index in [4.69, 9.17) is 4.74 Å². The smallest absolute Gasteiger partial charge is 0.224 e. The molecule has 0 amide bonds. The van der Waals surface area contributed by atoms with E-state index >= 15 is 0 Å². The first-order valence-corrected chi connectivity index (χ1v) is 5.80. The Morgan fingerprint density at radius 2 is 2.06 bits per heavy atom. The van der Waals surface area contributed by atoms with Crippen LogP contribution in [0.25, 0.3) is 0 Å². The van der Waals surface area contributed by atoms with Crippen LogP contribution in [-0.4, -0.2) is 17.9 Å². The van der Waals surface area contributed by atoms with Crippen LogP contribution in [0.15, 0.2) is 6.07 Å². The van der Waals surface area contributed by atoms with Gasteiger partial charge in [0.05, 0.1) is 12.7 Å². The lowest BCUT2D eigenvalue weighted by molar-refractivity contribution is 0.101. The average Bonchev–Trinajstić information content (AvgIpc) is 2.51. The van der Waals surface area contributed by atoms with Crippen LogP contribution < -0.4 is 4.74 Å². The summed E-state index contributed by atoms with van der Waals surface area (Å²) in [6.07, 6.45) is 5.66. The fraction of sp³-hybridized carbons (Fsp3) is 0.538. The van der Waals surface area contributed by atoms with Crippen LogP contribution in [0, 0.1) is 0 Å². The van der Waals surface area contributed by atoms with Gasteiger partial charge in [0.15, 0.2) is 5.78 Å². The molecule has 0 unspecified atom stereocenters. The number of methoxy groups -OCH3 is 1. The number of nitrogens with zero attached hydrogens (tertiary/aromatic N) is 1. The van der Waals surface area contributed by atoms with Crippen LogP contribution in [0.3, 0.4) is 0 Å². The third-order valence-electron chi connectivity index (χ3n) is 3.09. The van der Waals surface area contributed by atoms with Gasteiger partial charge >= 0.3 is 0 Å². The van der Waals surface area contributed by atoms with E-state index in [1.54, 1.807) is 14.0 Å². The molecule has 0 saturated heterocycles. The fourth-order valence-corrected chi connectivity index (χ4v) is 2.20. The summed E-state index contributed by atoms with van der Waals surface area (Å²) in [6, 6.07) is 1.97. The highest BCUT2D eigenvalue weighted by Gasteiger charge is 2.16. The molecular formula is C13H17NO2. The molecule has 3 nitrogen and oxygen atoms in total. The number of pyridine rings is 1. The molecule has 0 spiro atoms. The number of carbonyl (C=O) groups excluding carboxylic acids is 1. The molecule has 16 heavy (non-hydrogen) atoms. The monoisotopic (exact) mass is 219 g/mol. The molecule has 0 aliphatic heterocycles. The lowest BCUT2D eigenvalue weighted by atomic mass is 10.0. The average molecular weight is 219 g/mol. The van der Waals surface area contributed by atoms with E-state index in [0.29, 0.717) is 11.4 Å². The van der Waals surface area contributed by atoms with Gasteiger partial charge in [-0.2, -0.15) is 0 Å². The van der Waals surface area contributed by atoms with Crippen molar-refractivity contribution >= 4 is 5.78 Å². The predicted octanol–water partition coefficient (Wildman–Crippen LogP) is 2.56. The van der Waals surface area contributed by atoms with Crippen LogP contribution in [0.2, 0.25) is 0 Å². The van der Waals surface area contributed by atoms with Crippen molar-refractivity contribution in [1.82, 2.24) is 4.98 Å². The second kappa shape index (κ2) is 4.64. The first-order chi connectivity index (χ1) is 7.72. The van der Waals surface area contributed by atoms with Crippen LogP contribution in [0.1, 0.15) is 47.8 Å². The number of ether oxygens (including phenoxy) is 1. The minimum Gasteiger partial charge on any atom is -0.480 e. The molecule has 2 rings (SSSR count). The summed E-state index contributed by atoms with van der Waals surface area (Å²) in [5.74, 6) is 0.504. The standard InChI is InChI=1S/C13H17NO2/c1-9(15)11-8-10-6-4-3-5-7-12(10)14-13(11)16-2/h8H,3-7H2,1-2H3. The SMILES string of the molecule is COc1nc2c(cc1C(C)=O)CCCCC2. The summed E-state index contributed by atoms with van der Waals surface area (Å²) < 4.78 is 5.18. The molecule has 0 fully saturated rings. The molecule has 0 radical (unpaired) electrons. The first kappa shape index (κ1) is 11.1. The molecule has 1 aromatic heterocycles. The van der Waals surface area contributed by atoms with Gasteiger partial charge < -0.3 is 4.74 Å². The minimum absolute atomic E-state index is 0.0244. The number of hydrogen-bond donors (Lipinski definition) is 0. The Bertz CT molecular complexity index is 413. The Kier molecular flexibility index (Phi) is 3.22. The zero-order chi connectivity index (χ0) is 11.5. The van der Waals surface area contributed by atoms with E-state index in [1.165, 1.54) is 24.8 Å². The topological polar surface area (TPSA) is 39.2 Å². The maximum atomic E-state index is 11.5. The van der Waals surface area contributed by atoms with E-state index in [-0.39, 0.29) is 5.78 Å². The Morgan fingerprint density at radius 1 is 1.31 bits per heavy atom. The molecule has 1 aliphatic carbocycles. The van der Waals surface area contributed by atoms with E-state index in [2.05, 4.69) is 4.98 Å². The Labute approximate surface area is 95.8 Å². The molecule has 0 aromatic carbocycles. The number of aryl methyl sites for hydroxylation is 2. The highest BCUT2D eigenvalue weighted by Crippen LogP contribution is 2.25. The zero-order valence-electron chi connectivity index (χ0n) is 9.88. The van der Waals surface area contributed by atoms with Crippen molar-refractivity contribution in [3.63, 3.8) is 0 Å². The number of hydrogen-bond acceptors (Lipinski definition) is 3. The van der Waals surface area contributed by atoms with Gasteiger partial charge in [0.1, 0.15) is 0 Å². The summed E-state index contributed by atoms with van der Waals surface area (Å²) >= 11 is 0. The van der Waals surface area contributed by atoms with Crippen LogP contribution in [0.4, 0.5) is 0 Å². The van der Waals surface area contributed by atoms with Crippen molar-refractivity contribution in [2.75, 3.05) is 7.11 Å². The van der Waals surface area contributed by atoms with Gasteiger partial charge in [0.25, 0.3) is 0 Å². The first-order valence-electron chi connectivity index (χ1n) is 5.80. The van der Waals surface area contributed by atoms with Crippen LogP contribution >= 0.6 is 0 Å². The highest BCUT2D eigenvalue weighted by atomic mass is 16.5. The van der Waals surface area contributed by atoms with Crippen molar-refractivity contribution in [3.8, 4) is 5.88 Å². The van der Waals surface area contributed by atoms with Crippen molar-refractivity contribution in [1.29, 1.82) is 0 Å². The second-order valence-electron chi connectivity index (χ2n) is 4.27. The van der Waals surface area contributed by atoms with Crippen LogP contribution in [0.5, 0.6) is 5.88 Å². The van der Waals surface area contributed by atoms with E-state index in [0.717, 1.165) is 18.5 Å². The molecule has 1 heterocycles. The Morgan fingerprint density at radius 3 is 2.75 bits per heavy atom. The summed E-state index contributed by atoms with van der Waals surface area (Å²) in [7, 11) is 1.57. The number of fused-ring (bicyclic) bond motifs is 1. The third-order valence-corrected chi connectivity index (χ3v) is 3.09. The molecule has 1 aromatic rings. The second-order valence-corrected chi connectivity index (χ2v) is 4.27. The van der Waals surface area contributed by atoms with Crippen molar-refractivity contribution in [2.24, 2.45) is 0 Å². The van der Waals surface area contributed by atoms with E-state index in [9.17, 15) is 4.79 Å². The zero-order valence-corrected chi connectivity index (χ0v) is 9.88. The molecule has 3 heteroatoms. The number of ketones is 1. The van der Waals surface area contributed by atoms with Gasteiger partial charge in [-0.25, -0.2) is 4.98 Å². The molecule has 1 aliphatic rings. The highest BCUT2D eigenvalue weighted by molar-refractivity contribution is 5.96. The molecule has 0 saturated carbocycles. The fourth-order valence-electron chi connectivity index (χ4n) is 2.20. The van der Waals surface area contributed by atoms with Crippen LogP contribution in [-0.2, 0) is 12.8 Å². The Hall–Kier alpha value is -1.38. The maximum Gasteiger partial charge on any atom is 0.224 e. The lowest BCUT2D eigenvalue weighted by Gasteiger charge is -2.10. The van der Waals surface area contributed by atoms with E-state index in [1.807, 2.05) is 6.07 Å². The van der Waals surface area contributed by atoms with Gasteiger partial charge in [0, 0.05) is 5.69 Å². The van der Waals surface area contributed by atoms with Gasteiger partial charge in [-0.15, -0.1) is 0 Å². The third kappa shape index (κ3) is 2.08. The summed E-state index contributed by atoms with van der Waals surface area (Å²) in [5.41, 5.74) is 2.95. The van der Waals surface area contributed by atoms with Gasteiger partial charge in [-0.1, -0.05) is 6.42 Å². The Balaban J connectivity index is 2.48. The van der Waals surface area contributed by atoms with Crippen molar-refractivity contribution in [3.05, 3.63) is 22.9 Å². The minimum atomic E-state index is 0.0244. The number of Topliss-reactive ketones (excluding diaryl/α,β-unsaturated/α-hetero) is 1. The molecule has 86 valence electrons.